The molecule has 0 saturated carbocycles. The molecule has 0 unspecified atom stereocenters. The molecule has 1 nitrogen and oxygen atoms in total. The van der Waals surface area contributed by atoms with Crippen molar-refractivity contribution in [2.75, 3.05) is 0 Å². The fraction of sp³-hybridized carbons (Fsp3) is 0.111. The van der Waals surface area contributed by atoms with Crippen LogP contribution in [0.1, 0.15) is 4.88 Å². The normalized spacial score (nSPS) is 8.75. The van der Waals surface area contributed by atoms with Crippen LogP contribution in [0.3, 0.4) is 0 Å². The molecular formula is C9H10OS2. The Morgan fingerprint density at radius 1 is 1.08 bits per heavy atom. The average Bonchev–Trinajstić information content (AvgIpc) is 2.81. The summed E-state index contributed by atoms with van der Waals surface area (Å²) in [5, 5.41) is 14.5. The molecule has 0 aliphatic rings. The Hall–Kier alpha value is -0.640. The Balaban J connectivity index is 0.000000127. The average molecular weight is 198 g/mol. The molecule has 0 atom stereocenters. The van der Waals surface area contributed by atoms with E-state index >= 15 is 0 Å². The molecule has 1 N–H and O–H groups in total. The van der Waals surface area contributed by atoms with E-state index in [1.54, 1.807) is 22.7 Å². The van der Waals surface area contributed by atoms with E-state index < -0.39 is 0 Å². The van der Waals surface area contributed by atoms with E-state index in [0.29, 0.717) is 0 Å². The second-order valence-electron chi connectivity index (χ2n) is 2.03. The highest BCUT2D eigenvalue weighted by Crippen LogP contribution is 2.06. The van der Waals surface area contributed by atoms with Crippen LogP contribution in [0.5, 0.6) is 0 Å². The molecule has 12 heavy (non-hydrogen) atoms. The second-order valence-corrected chi connectivity index (χ2v) is 3.88. The molecule has 0 bridgehead atoms. The van der Waals surface area contributed by atoms with Gasteiger partial charge in [-0.2, -0.15) is 11.3 Å². The van der Waals surface area contributed by atoms with E-state index in [-0.39, 0.29) is 6.61 Å². The smallest absolute Gasteiger partial charge is 0.0774 e. The maximum Gasteiger partial charge on any atom is 0.0774 e. The van der Waals surface area contributed by atoms with Gasteiger partial charge in [-0.25, -0.2) is 0 Å². The van der Waals surface area contributed by atoms with Crippen molar-refractivity contribution in [2.24, 2.45) is 0 Å². The van der Waals surface area contributed by atoms with Gasteiger partial charge in [0.1, 0.15) is 0 Å². The summed E-state index contributed by atoms with van der Waals surface area (Å²) in [6.45, 7) is 0.178. The van der Waals surface area contributed by atoms with Crippen molar-refractivity contribution in [3.05, 3.63) is 45.3 Å². The first-order valence-electron chi connectivity index (χ1n) is 3.54. The molecule has 0 aliphatic carbocycles. The first kappa shape index (κ1) is 9.45. The highest BCUT2D eigenvalue weighted by Gasteiger charge is 1.83. The fourth-order valence-electron chi connectivity index (χ4n) is 0.629. The number of thiophene rings is 2. The topological polar surface area (TPSA) is 20.2 Å². The number of aliphatic hydroxyl groups excluding tert-OH is 1. The van der Waals surface area contributed by atoms with Gasteiger partial charge in [0.2, 0.25) is 0 Å². The van der Waals surface area contributed by atoms with E-state index in [1.165, 1.54) is 0 Å². The fourth-order valence-corrected chi connectivity index (χ4v) is 1.65. The molecule has 0 radical (unpaired) electrons. The summed E-state index contributed by atoms with van der Waals surface area (Å²) in [4.78, 5) is 1.03. The van der Waals surface area contributed by atoms with Gasteiger partial charge in [-0.05, 0) is 22.2 Å². The molecule has 64 valence electrons. The number of hydrogen-bond acceptors (Lipinski definition) is 3. The molecular weight excluding hydrogens is 188 g/mol. The van der Waals surface area contributed by atoms with Crippen LogP contribution in [0.2, 0.25) is 0 Å². The second kappa shape index (κ2) is 5.94. The predicted molar refractivity (Wildman–Crippen MR) is 54.6 cm³/mol. The largest absolute Gasteiger partial charge is 0.391 e. The van der Waals surface area contributed by atoms with Crippen molar-refractivity contribution in [3.8, 4) is 0 Å². The van der Waals surface area contributed by atoms with Crippen molar-refractivity contribution >= 4 is 22.7 Å². The summed E-state index contributed by atoms with van der Waals surface area (Å²) >= 11 is 3.29. The summed E-state index contributed by atoms with van der Waals surface area (Å²) in [5.74, 6) is 0. The molecule has 0 aromatic carbocycles. The van der Waals surface area contributed by atoms with Gasteiger partial charge in [-0.1, -0.05) is 18.2 Å². The van der Waals surface area contributed by atoms with Gasteiger partial charge in [0.05, 0.1) is 6.61 Å². The molecule has 0 saturated heterocycles. The van der Waals surface area contributed by atoms with Crippen LogP contribution in [-0.4, -0.2) is 5.11 Å². The zero-order chi connectivity index (χ0) is 8.65. The first-order chi connectivity index (χ1) is 5.93. The van der Waals surface area contributed by atoms with Gasteiger partial charge in [0, 0.05) is 4.88 Å². The maximum atomic E-state index is 8.44. The molecule has 2 heterocycles. The monoisotopic (exact) mass is 198 g/mol. The van der Waals surface area contributed by atoms with Gasteiger partial charge < -0.3 is 5.11 Å². The molecule has 2 aromatic heterocycles. The van der Waals surface area contributed by atoms with Crippen LogP contribution in [0.4, 0.5) is 0 Å². The van der Waals surface area contributed by atoms with E-state index in [4.69, 9.17) is 5.11 Å². The van der Waals surface area contributed by atoms with E-state index in [0.717, 1.165) is 4.88 Å². The SMILES string of the molecule is OCc1cccs1.c1ccsc1. The van der Waals surface area contributed by atoms with E-state index in [1.807, 2.05) is 40.4 Å². The lowest BCUT2D eigenvalue weighted by molar-refractivity contribution is 0.285. The van der Waals surface area contributed by atoms with Gasteiger partial charge in [0.15, 0.2) is 0 Å². The quantitative estimate of drug-likeness (QED) is 0.747. The molecule has 0 spiro atoms. The minimum absolute atomic E-state index is 0.178. The summed E-state index contributed by atoms with van der Waals surface area (Å²) in [6.07, 6.45) is 0. The lowest BCUT2D eigenvalue weighted by atomic mass is 10.5. The summed E-state index contributed by atoms with van der Waals surface area (Å²) in [6, 6.07) is 7.87. The van der Waals surface area contributed by atoms with Crippen LogP contribution in [0.25, 0.3) is 0 Å². The van der Waals surface area contributed by atoms with Gasteiger partial charge in [0.25, 0.3) is 0 Å². The minimum atomic E-state index is 0.178. The Kier molecular flexibility index (Phi) is 4.68. The third-order valence-electron chi connectivity index (χ3n) is 1.16. The standard InChI is InChI=1S/C5H6OS.C4H4S/c6-4-5-2-1-3-7-5;1-2-4-5-3-1/h1-3,6H,4H2;1-4H. The van der Waals surface area contributed by atoms with E-state index in [9.17, 15) is 0 Å². The molecule has 2 rings (SSSR count). The zero-order valence-electron chi connectivity index (χ0n) is 6.51. The van der Waals surface area contributed by atoms with Crippen molar-refractivity contribution < 1.29 is 5.11 Å². The zero-order valence-corrected chi connectivity index (χ0v) is 8.15. The van der Waals surface area contributed by atoms with Crippen molar-refractivity contribution in [1.29, 1.82) is 0 Å². The Morgan fingerprint density at radius 3 is 2.08 bits per heavy atom. The van der Waals surface area contributed by atoms with Crippen molar-refractivity contribution in [2.45, 2.75) is 6.61 Å². The summed E-state index contributed by atoms with van der Waals surface area (Å²) < 4.78 is 0. The Morgan fingerprint density at radius 2 is 1.83 bits per heavy atom. The molecule has 0 aliphatic heterocycles. The number of rotatable bonds is 1. The van der Waals surface area contributed by atoms with Gasteiger partial charge in [-0.15, -0.1) is 11.3 Å². The Bertz CT molecular complexity index is 243. The van der Waals surface area contributed by atoms with E-state index in [2.05, 4.69) is 0 Å². The van der Waals surface area contributed by atoms with Crippen LogP contribution < -0.4 is 0 Å². The number of hydrogen-bond donors (Lipinski definition) is 1. The van der Waals surface area contributed by atoms with Gasteiger partial charge >= 0.3 is 0 Å². The molecule has 0 amide bonds. The predicted octanol–water partition coefficient (Wildman–Crippen LogP) is 2.99. The van der Waals surface area contributed by atoms with Crippen molar-refractivity contribution in [1.82, 2.24) is 0 Å². The van der Waals surface area contributed by atoms with Crippen molar-refractivity contribution in [3.63, 3.8) is 0 Å². The maximum absolute atomic E-state index is 8.44. The minimum Gasteiger partial charge on any atom is -0.391 e. The highest BCUT2D eigenvalue weighted by molar-refractivity contribution is 7.09. The summed E-state index contributed by atoms with van der Waals surface area (Å²) in [7, 11) is 0. The van der Waals surface area contributed by atoms with Crippen LogP contribution in [0, 0.1) is 0 Å². The third-order valence-corrected chi connectivity index (χ3v) is 2.65. The number of aliphatic hydroxyl groups is 1. The first-order valence-corrected chi connectivity index (χ1v) is 5.36. The van der Waals surface area contributed by atoms with Crippen LogP contribution in [-0.2, 0) is 6.61 Å². The lowest BCUT2D eigenvalue weighted by Gasteiger charge is -1.78. The molecule has 2 aromatic rings. The molecule has 0 fully saturated rings. The lowest BCUT2D eigenvalue weighted by Crippen LogP contribution is -1.69. The van der Waals surface area contributed by atoms with Crippen LogP contribution >= 0.6 is 22.7 Å². The molecule has 3 heteroatoms. The summed E-state index contributed by atoms with van der Waals surface area (Å²) in [5.41, 5.74) is 0. The van der Waals surface area contributed by atoms with Gasteiger partial charge in [-0.3, -0.25) is 0 Å². The highest BCUT2D eigenvalue weighted by atomic mass is 32.1. The van der Waals surface area contributed by atoms with Crippen LogP contribution in [0.15, 0.2) is 40.4 Å². The third kappa shape index (κ3) is 3.67. The Labute approximate surface area is 79.9 Å².